The third-order valence-corrected chi connectivity index (χ3v) is 2.54. The van der Waals surface area contributed by atoms with Gasteiger partial charge in [-0.25, -0.2) is 9.59 Å². The van der Waals surface area contributed by atoms with Crippen LogP contribution >= 0.6 is 0 Å². The molecule has 0 aliphatic heterocycles. The molecule has 1 fully saturated rings. The Hall–Kier alpha value is -1.26. The average Bonchev–Trinajstić information content (AvgIpc) is 1.96. The first-order valence-corrected chi connectivity index (χ1v) is 5.39. The van der Waals surface area contributed by atoms with Crippen LogP contribution in [0.1, 0.15) is 40.5 Å². The van der Waals surface area contributed by atoms with Gasteiger partial charge in [-0.3, -0.25) is 0 Å². The lowest BCUT2D eigenvalue weighted by Crippen LogP contribution is -2.62. The lowest BCUT2D eigenvalue weighted by Gasteiger charge is -2.43. The van der Waals surface area contributed by atoms with Crippen molar-refractivity contribution in [2.75, 3.05) is 0 Å². The van der Waals surface area contributed by atoms with Crippen LogP contribution in [0.4, 0.5) is 4.79 Å². The van der Waals surface area contributed by atoms with Gasteiger partial charge in [0.2, 0.25) is 0 Å². The van der Waals surface area contributed by atoms with Crippen molar-refractivity contribution >= 4 is 12.1 Å². The monoisotopic (exact) mass is 229 g/mol. The van der Waals surface area contributed by atoms with E-state index in [2.05, 4.69) is 5.32 Å². The molecule has 16 heavy (non-hydrogen) atoms. The summed E-state index contributed by atoms with van der Waals surface area (Å²) < 4.78 is 5.04. The number of hydrogen-bond acceptors (Lipinski definition) is 3. The maximum absolute atomic E-state index is 11.5. The molecule has 0 aromatic rings. The molecule has 0 atom stereocenters. The molecule has 0 saturated heterocycles. The predicted octanol–water partition coefficient (Wildman–Crippen LogP) is 1.76. The highest BCUT2D eigenvalue weighted by Gasteiger charge is 2.50. The van der Waals surface area contributed by atoms with E-state index in [9.17, 15) is 9.59 Å². The fourth-order valence-corrected chi connectivity index (χ4v) is 1.96. The minimum atomic E-state index is -1.12. The van der Waals surface area contributed by atoms with Gasteiger partial charge < -0.3 is 15.2 Å². The van der Waals surface area contributed by atoms with E-state index in [1.54, 1.807) is 20.8 Å². The Morgan fingerprint density at radius 3 is 2.19 bits per heavy atom. The van der Waals surface area contributed by atoms with Gasteiger partial charge in [-0.1, -0.05) is 6.92 Å². The van der Waals surface area contributed by atoms with Gasteiger partial charge in [-0.05, 0) is 39.5 Å². The van der Waals surface area contributed by atoms with Gasteiger partial charge in [0.25, 0.3) is 0 Å². The van der Waals surface area contributed by atoms with E-state index in [-0.39, 0.29) is 0 Å². The molecule has 0 spiro atoms. The van der Waals surface area contributed by atoms with Crippen molar-refractivity contribution in [1.82, 2.24) is 5.32 Å². The minimum absolute atomic E-state index is 0.325. The highest BCUT2D eigenvalue weighted by Crippen LogP contribution is 2.37. The molecule has 2 N–H and O–H groups in total. The third-order valence-electron chi connectivity index (χ3n) is 2.54. The number of ether oxygens (including phenoxy) is 1. The van der Waals surface area contributed by atoms with Gasteiger partial charge in [-0.15, -0.1) is 0 Å². The Balaban J connectivity index is 2.58. The lowest BCUT2D eigenvalue weighted by atomic mass is 9.69. The van der Waals surface area contributed by atoms with E-state index in [4.69, 9.17) is 9.84 Å². The zero-order valence-electron chi connectivity index (χ0n) is 10.2. The van der Waals surface area contributed by atoms with Crippen molar-refractivity contribution in [2.45, 2.75) is 51.7 Å². The summed E-state index contributed by atoms with van der Waals surface area (Å²) in [5.41, 5.74) is -1.74. The van der Waals surface area contributed by atoms with Crippen LogP contribution in [0.25, 0.3) is 0 Å². The zero-order valence-corrected chi connectivity index (χ0v) is 10.2. The van der Waals surface area contributed by atoms with Crippen LogP contribution in [-0.4, -0.2) is 28.3 Å². The molecule has 1 amide bonds. The molecule has 1 aliphatic rings. The number of carbonyl (C=O) groups excluding carboxylic acids is 1. The van der Waals surface area contributed by atoms with Gasteiger partial charge in [0.1, 0.15) is 11.1 Å². The van der Waals surface area contributed by atoms with Crippen LogP contribution in [0.3, 0.4) is 0 Å². The molecule has 92 valence electrons. The molecular weight excluding hydrogens is 210 g/mol. The number of hydrogen-bond donors (Lipinski definition) is 2. The summed E-state index contributed by atoms with van der Waals surface area (Å²) in [4.78, 5) is 22.6. The van der Waals surface area contributed by atoms with Crippen LogP contribution in [-0.2, 0) is 9.53 Å². The highest BCUT2D eigenvalue weighted by atomic mass is 16.6. The SMILES string of the molecule is CC1CC(NC(=O)OC(C)(C)C)(C(=O)O)C1. The minimum Gasteiger partial charge on any atom is -0.480 e. The quantitative estimate of drug-likeness (QED) is 0.756. The van der Waals surface area contributed by atoms with E-state index in [0.717, 1.165) is 0 Å². The Bertz CT molecular complexity index is 300. The molecule has 0 heterocycles. The largest absolute Gasteiger partial charge is 0.480 e. The number of aliphatic carboxylic acids is 1. The Morgan fingerprint density at radius 2 is 1.88 bits per heavy atom. The number of rotatable bonds is 2. The maximum Gasteiger partial charge on any atom is 0.408 e. The van der Waals surface area contributed by atoms with Gasteiger partial charge in [0.05, 0.1) is 0 Å². The molecule has 0 bridgehead atoms. The fourth-order valence-electron chi connectivity index (χ4n) is 1.96. The smallest absolute Gasteiger partial charge is 0.408 e. The zero-order chi connectivity index (χ0) is 12.6. The van der Waals surface area contributed by atoms with E-state index in [1.165, 1.54) is 0 Å². The van der Waals surface area contributed by atoms with Gasteiger partial charge in [0, 0.05) is 0 Å². The number of nitrogens with one attached hydrogen (secondary N) is 1. The van der Waals surface area contributed by atoms with Crippen molar-refractivity contribution < 1.29 is 19.4 Å². The van der Waals surface area contributed by atoms with Crippen molar-refractivity contribution in [3.63, 3.8) is 0 Å². The van der Waals surface area contributed by atoms with Crippen molar-refractivity contribution in [3.05, 3.63) is 0 Å². The van der Waals surface area contributed by atoms with Crippen LogP contribution < -0.4 is 5.32 Å². The van der Waals surface area contributed by atoms with E-state index < -0.39 is 23.2 Å². The molecule has 1 rings (SSSR count). The molecule has 0 aromatic heterocycles. The first-order valence-electron chi connectivity index (χ1n) is 5.39. The number of carboxylic acids is 1. The Morgan fingerprint density at radius 1 is 1.38 bits per heavy atom. The average molecular weight is 229 g/mol. The second-order valence-electron chi connectivity index (χ2n) is 5.53. The first kappa shape index (κ1) is 12.8. The topological polar surface area (TPSA) is 75.6 Å². The molecule has 0 aromatic carbocycles. The fraction of sp³-hybridized carbons (Fsp3) is 0.818. The van der Waals surface area contributed by atoms with E-state index >= 15 is 0 Å². The van der Waals surface area contributed by atoms with Crippen LogP contribution in [0.2, 0.25) is 0 Å². The normalized spacial score (nSPS) is 29.1. The van der Waals surface area contributed by atoms with E-state index in [1.807, 2.05) is 6.92 Å². The second-order valence-corrected chi connectivity index (χ2v) is 5.53. The molecule has 0 radical (unpaired) electrons. The molecule has 0 unspecified atom stereocenters. The van der Waals surface area contributed by atoms with Gasteiger partial charge in [0.15, 0.2) is 0 Å². The summed E-state index contributed by atoms with van der Waals surface area (Å²) in [5, 5.41) is 11.5. The molecular formula is C11H19NO4. The van der Waals surface area contributed by atoms with Crippen LogP contribution in [0.15, 0.2) is 0 Å². The Kier molecular flexibility index (Phi) is 3.17. The Labute approximate surface area is 95.2 Å². The lowest BCUT2D eigenvalue weighted by molar-refractivity contribution is -0.150. The number of amides is 1. The molecule has 5 nitrogen and oxygen atoms in total. The van der Waals surface area contributed by atoms with Gasteiger partial charge in [-0.2, -0.15) is 0 Å². The molecule has 1 saturated carbocycles. The summed E-state index contributed by atoms with van der Waals surface area (Å²) in [6.07, 6.45) is 0.255. The van der Waals surface area contributed by atoms with E-state index in [0.29, 0.717) is 18.8 Å². The van der Waals surface area contributed by atoms with Crippen molar-refractivity contribution in [2.24, 2.45) is 5.92 Å². The van der Waals surface area contributed by atoms with Gasteiger partial charge >= 0.3 is 12.1 Å². The maximum atomic E-state index is 11.5. The summed E-state index contributed by atoms with van der Waals surface area (Å²) in [7, 11) is 0. The predicted molar refractivity (Wildman–Crippen MR) is 58.1 cm³/mol. The van der Waals surface area contributed by atoms with Crippen molar-refractivity contribution in [1.29, 1.82) is 0 Å². The standard InChI is InChI=1S/C11H19NO4/c1-7-5-11(6-7,8(13)14)12-9(15)16-10(2,3)4/h7H,5-6H2,1-4H3,(H,12,15)(H,13,14). The van der Waals surface area contributed by atoms with Crippen LogP contribution in [0, 0.1) is 5.92 Å². The number of carboxylic acid groups (broad SMARTS) is 1. The highest BCUT2D eigenvalue weighted by molar-refractivity contribution is 5.85. The summed E-state index contributed by atoms with van der Waals surface area (Å²) >= 11 is 0. The number of carbonyl (C=O) groups is 2. The summed E-state index contributed by atoms with van der Waals surface area (Å²) in [6.45, 7) is 7.17. The first-order chi connectivity index (χ1) is 7.15. The molecule has 5 heteroatoms. The van der Waals surface area contributed by atoms with Crippen LogP contribution in [0.5, 0.6) is 0 Å². The van der Waals surface area contributed by atoms with Crippen molar-refractivity contribution in [3.8, 4) is 0 Å². The number of alkyl carbamates (subject to hydrolysis) is 1. The third kappa shape index (κ3) is 2.87. The second kappa shape index (κ2) is 3.96. The summed E-state index contributed by atoms with van der Waals surface area (Å²) in [6, 6.07) is 0. The summed E-state index contributed by atoms with van der Waals surface area (Å²) in [5.74, 6) is -0.664. The molecule has 1 aliphatic carbocycles.